The molecule has 0 heterocycles. The topological polar surface area (TPSA) is 80.7 Å². The van der Waals surface area contributed by atoms with E-state index < -0.39 is 11.0 Å². The zero-order valence-corrected chi connectivity index (χ0v) is 17.4. The van der Waals surface area contributed by atoms with Crippen LogP contribution in [0.4, 0.5) is 0 Å². The third kappa shape index (κ3) is 2.51. The fourth-order valence-corrected chi connectivity index (χ4v) is 7.49. The number of hydrogen-bond donors (Lipinski definition) is 1. The number of Topliss-reactive ketones (excluding diaryl/α,β-unsaturated/α-hetero) is 1. The lowest BCUT2D eigenvalue weighted by molar-refractivity contribution is -0.167. The summed E-state index contributed by atoms with van der Waals surface area (Å²) in [4.78, 5) is 36.3. The molecule has 7 atom stereocenters. The molecule has 5 nitrogen and oxygen atoms in total. The summed E-state index contributed by atoms with van der Waals surface area (Å²) in [6.45, 7) is 7.25. The Balaban J connectivity index is 1.75. The minimum atomic E-state index is -1.25. The van der Waals surface area contributed by atoms with Crippen LogP contribution in [0, 0.1) is 28.6 Å². The van der Waals surface area contributed by atoms with Crippen molar-refractivity contribution in [2.75, 3.05) is 0 Å². The summed E-state index contributed by atoms with van der Waals surface area (Å²) < 4.78 is 5.72. The highest BCUT2D eigenvalue weighted by Crippen LogP contribution is 2.67. The monoisotopic (exact) mass is 388 g/mol. The van der Waals surface area contributed by atoms with Gasteiger partial charge in [-0.3, -0.25) is 14.4 Å². The van der Waals surface area contributed by atoms with Gasteiger partial charge in [-0.25, -0.2) is 0 Å². The van der Waals surface area contributed by atoms with E-state index >= 15 is 0 Å². The molecule has 5 heteroatoms. The Labute approximate surface area is 166 Å². The highest BCUT2D eigenvalue weighted by Gasteiger charge is 2.66. The second-order valence-corrected chi connectivity index (χ2v) is 10.1. The van der Waals surface area contributed by atoms with Crippen molar-refractivity contribution in [3.8, 4) is 0 Å². The number of esters is 1. The predicted octanol–water partition coefficient (Wildman–Crippen LogP) is 3.38. The van der Waals surface area contributed by atoms with E-state index in [1.807, 2.05) is 0 Å². The number of ketones is 2. The van der Waals surface area contributed by atoms with Crippen molar-refractivity contribution in [2.24, 2.45) is 28.6 Å². The van der Waals surface area contributed by atoms with E-state index in [1.165, 1.54) is 13.8 Å². The second-order valence-electron chi connectivity index (χ2n) is 10.1. The maximum absolute atomic E-state index is 12.4. The fourth-order valence-electron chi connectivity index (χ4n) is 7.49. The third-order valence-corrected chi connectivity index (χ3v) is 9.00. The molecule has 0 saturated heterocycles. The fraction of sp³-hybridized carbons (Fsp3) is 0.783. The second kappa shape index (κ2) is 6.25. The maximum Gasteiger partial charge on any atom is 0.303 e. The molecule has 0 aliphatic heterocycles. The van der Waals surface area contributed by atoms with E-state index in [1.54, 1.807) is 6.08 Å². The summed E-state index contributed by atoms with van der Waals surface area (Å²) >= 11 is 0. The lowest BCUT2D eigenvalue weighted by Crippen LogP contribution is -2.58. The van der Waals surface area contributed by atoms with Gasteiger partial charge in [0.25, 0.3) is 0 Å². The first-order valence-electron chi connectivity index (χ1n) is 10.7. The first kappa shape index (κ1) is 19.8. The molecule has 0 bridgehead atoms. The minimum Gasteiger partial charge on any atom is -0.458 e. The Kier molecular flexibility index (Phi) is 4.42. The molecule has 4 rings (SSSR count). The third-order valence-electron chi connectivity index (χ3n) is 9.00. The maximum atomic E-state index is 12.4. The van der Waals surface area contributed by atoms with Gasteiger partial charge < -0.3 is 9.84 Å². The van der Waals surface area contributed by atoms with Gasteiger partial charge in [0, 0.05) is 18.8 Å². The van der Waals surface area contributed by atoms with Gasteiger partial charge in [-0.1, -0.05) is 13.8 Å². The Morgan fingerprint density at radius 1 is 1.11 bits per heavy atom. The quantitative estimate of drug-likeness (QED) is 0.734. The molecule has 3 saturated carbocycles. The molecule has 1 N–H and O–H groups in total. The standard InChI is InChI=1S/C23H32O5/c1-13(24)23(27)10-7-18-16-12-20(28-14(2)25)19-11-15(26)5-8-21(19,3)17(16)6-9-22(18,23)4/h11,16-18,20,27H,5-10,12H2,1-4H3/t16-,17+,18+,20-,21+,22-,23+/m0/s1. The van der Waals surface area contributed by atoms with Crippen molar-refractivity contribution in [3.05, 3.63) is 11.6 Å². The molecule has 0 aromatic carbocycles. The molecule has 4 aliphatic rings. The predicted molar refractivity (Wildman–Crippen MR) is 103 cm³/mol. The molecule has 0 unspecified atom stereocenters. The molecule has 0 spiro atoms. The first-order valence-corrected chi connectivity index (χ1v) is 10.7. The molecule has 28 heavy (non-hydrogen) atoms. The van der Waals surface area contributed by atoms with Gasteiger partial charge in [-0.15, -0.1) is 0 Å². The largest absolute Gasteiger partial charge is 0.458 e. The zero-order valence-electron chi connectivity index (χ0n) is 17.4. The molecule has 0 amide bonds. The highest BCUT2D eigenvalue weighted by atomic mass is 16.5. The minimum absolute atomic E-state index is 0.121. The molecule has 0 radical (unpaired) electrons. The Bertz CT molecular complexity index is 769. The van der Waals surface area contributed by atoms with E-state index in [0.717, 1.165) is 31.3 Å². The van der Waals surface area contributed by atoms with Gasteiger partial charge in [0.05, 0.1) is 0 Å². The van der Waals surface area contributed by atoms with Gasteiger partial charge in [0.2, 0.25) is 0 Å². The summed E-state index contributed by atoms with van der Waals surface area (Å²) in [5.74, 6) is 0.580. The van der Waals surface area contributed by atoms with Crippen LogP contribution in [-0.4, -0.2) is 34.3 Å². The van der Waals surface area contributed by atoms with Crippen molar-refractivity contribution in [2.45, 2.75) is 84.3 Å². The number of carbonyl (C=O) groups is 3. The zero-order chi connectivity index (χ0) is 20.5. The summed E-state index contributed by atoms with van der Waals surface area (Å²) in [5.41, 5.74) is -0.847. The van der Waals surface area contributed by atoms with Crippen LogP contribution in [0.5, 0.6) is 0 Å². The van der Waals surface area contributed by atoms with Crippen molar-refractivity contribution < 1.29 is 24.2 Å². The van der Waals surface area contributed by atoms with Gasteiger partial charge >= 0.3 is 5.97 Å². The highest BCUT2D eigenvalue weighted by molar-refractivity contribution is 5.92. The van der Waals surface area contributed by atoms with Crippen molar-refractivity contribution in [1.29, 1.82) is 0 Å². The first-order chi connectivity index (χ1) is 13.0. The van der Waals surface area contributed by atoms with Crippen LogP contribution in [0.15, 0.2) is 11.6 Å². The average molecular weight is 389 g/mol. The van der Waals surface area contributed by atoms with Crippen LogP contribution in [0.2, 0.25) is 0 Å². The number of rotatable bonds is 2. The van der Waals surface area contributed by atoms with Gasteiger partial charge in [0.15, 0.2) is 11.6 Å². The molecule has 0 aromatic heterocycles. The van der Waals surface area contributed by atoms with Crippen LogP contribution in [0.3, 0.4) is 0 Å². The van der Waals surface area contributed by atoms with Crippen LogP contribution in [0.1, 0.15) is 72.6 Å². The van der Waals surface area contributed by atoms with Crippen LogP contribution in [-0.2, 0) is 19.1 Å². The Morgan fingerprint density at radius 3 is 2.43 bits per heavy atom. The normalized spacial score (nSPS) is 47.5. The molecular weight excluding hydrogens is 356 g/mol. The summed E-state index contributed by atoms with van der Waals surface area (Å²) in [6.07, 6.45) is 6.48. The number of hydrogen-bond acceptors (Lipinski definition) is 5. The molecular formula is C23H32O5. The van der Waals surface area contributed by atoms with Crippen molar-refractivity contribution >= 4 is 17.5 Å². The van der Waals surface area contributed by atoms with Gasteiger partial charge in [-0.05, 0) is 80.3 Å². The number of aliphatic hydroxyl groups is 1. The van der Waals surface area contributed by atoms with E-state index in [0.29, 0.717) is 25.2 Å². The molecule has 4 aliphatic carbocycles. The van der Waals surface area contributed by atoms with Crippen molar-refractivity contribution in [3.63, 3.8) is 0 Å². The van der Waals surface area contributed by atoms with E-state index in [-0.39, 0.29) is 40.9 Å². The molecule has 154 valence electrons. The molecule has 0 aromatic rings. The van der Waals surface area contributed by atoms with Gasteiger partial charge in [0.1, 0.15) is 11.7 Å². The van der Waals surface area contributed by atoms with Gasteiger partial charge in [-0.2, -0.15) is 0 Å². The lowest BCUT2D eigenvalue weighted by atomic mass is 9.45. The van der Waals surface area contributed by atoms with Crippen LogP contribution >= 0.6 is 0 Å². The van der Waals surface area contributed by atoms with E-state index in [4.69, 9.17) is 4.74 Å². The average Bonchev–Trinajstić information content (AvgIpc) is 2.89. The Morgan fingerprint density at radius 2 is 1.79 bits per heavy atom. The van der Waals surface area contributed by atoms with Crippen LogP contribution < -0.4 is 0 Å². The number of ether oxygens (including phenoxy) is 1. The number of carbonyl (C=O) groups excluding carboxylic acids is 3. The smallest absolute Gasteiger partial charge is 0.303 e. The lowest BCUT2D eigenvalue weighted by Gasteiger charge is -2.60. The molecule has 3 fully saturated rings. The SMILES string of the molecule is CC(=O)O[C@H]1C[C@H]2[C@@H](CC[C@@]3(C)[C@@H]2CC[C@@]3(O)C(C)=O)[C@@]2(C)CCC(=O)C=C12. The van der Waals surface area contributed by atoms with E-state index in [9.17, 15) is 19.5 Å². The Hall–Kier alpha value is -1.49. The number of fused-ring (bicyclic) bond motifs is 5. The van der Waals surface area contributed by atoms with Crippen LogP contribution in [0.25, 0.3) is 0 Å². The summed E-state index contributed by atoms with van der Waals surface area (Å²) in [5, 5.41) is 11.3. The summed E-state index contributed by atoms with van der Waals surface area (Å²) in [7, 11) is 0. The summed E-state index contributed by atoms with van der Waals surface area (Å²) in [6, 6.07) is 0. The van der Waals surface area contributed by atoms with E-state index in [2.05, 4.69) is 13.8 Å². The van der Waals surface area contributed by atoms with Crippen molar-refractivity contribution in [1.82, 2.24) is 0 Å².